The zero-order valence-corrected chi connectivity index (χ0v) is 11.4. The van der Waals surface area contributed by atoms with E-state index in [1.807, 2.05) is 17.9 Å². The lowest BCUT2D eigenvalue weighted by atomic mass is 10.0. The number of nitrogens with one attached hydrogen (secondary N) is 1. The van der Waals surface area contributed by atoms with Gasteiger partial charge in [-0.2, -0.15) is 5.10 Å². The van der Waals surface area contributed by atoms with Crippen molar-refractivity contribution in [2.75, 3.05) is 14.2 Å². The quantitative estimate of drug-likeness (QED) is 0.752. The van der Waals surface area contributed by atoms with Crippen molar-refractivity contribution in [1.29, 1.82) is 0 Å². The predicted octanol–water partition coefficient (Wildman–Crippen LogP) is 1.85. The Balaban J connectivity index is 2.61. The molecule has 0 spiro atoms. The summed E-state index contributed by atoms with van der Waals surface area (Å²) in [6.45, 7) is 5.21. The van der Waals surface area contributed by atoms with Crippen LogP contribution in [-0.4, -0.2) is 36.1 Å². The van der Waals surface area contributed by atoms with Crippen molar-refractivity contribution >= 4 is 0 Å². The Hall–Kier alpha value is -0.870. The average Bonchev–Trinajstić information content (AvgIpc) is 2.81. The molecular weight excluding hydrogens is 214 g/mol. The zero-order valence-electron chi connectivity index (χ0n) is 11.4. The van der Waals surface area contributed by atoms with Gasteiger partial charge in [-0.3, -0.25) is 4.68 Å². The summed E-state index contributed by atoms with van der Waals surface area (Å²) >= 11 is 0. The van der Waals surface area contributed by atoms with Gasteiger partial charge in [0.05, 0.1) is 12.3 Å². The van der Waals surface area contributed by atoms with Crippen LogP contribution < -0.4 is 5.32 Å². The van der Waals surface area contributed by atoms with Crippen LogP contribution in [0.25, 0.3) is 0 Å². The molecule has 2 atom stereocenters. The highest BCUT2D eigenvalue weighted by molar-refractivity contribution is 5.07. The lowest BCUT2D eigenvalue weighted by Gasteiger charge is -2.25. The van der Waals surface area contributed by atoms with Crippen LogP contribution in [0.5, 0.6) is 0 Å². The minimum Gasteiger partial charge on any atom is -0.380 e. The molecule has 4 nitrogen and oxygen atoms in total. The zero-order chi connectivity index (χ0) is 12.7. The van der Waals surface area contributed by atoms with E-state index in [2.05, 4.69) is 30.5 Å². The molecule has 0 radical (unpaired) electrons. The topological polar surface area (TPSA) is 39.1 Å². The number of hydrogen-bond acceptors (Lipinski definition) is 3. The summed E-state index contributed by atoms with van der Waals surface area (Å²) in [6.07, 6.45) is 7.54. The summed E-state index contributed by atoms with van der Waals surface area (Å²) in [7, 11) is 3.79. The van der Waals surface area contributed by atoms with E-state index < -0.39 is 0 Å². The highest BCUT2D eigenvalue weighted by Crippen LogP contribution is 2.12. The van der Waals surface area contributed by atoms with Crippen LogP contribution in [0.3, 0.4) is 0 Å². The monoisotopic (exact) mass is 239 g/mol. The lowest BCUT2D eigenvalue weighted by Crippen LogP contribution is -2.40. The fraction of sp³-hybridized carbons (Fsp3) is 0.769. The van der Waals surface area contributed by atoms with Crippen molar-refractivity contribution in [3.8, 4) is 0 Å². The number of likely N-dealkylation sites (N-methyl/N-ethyl adjacent to an activating group) is 1. The Morgan fingerprint density at radius 2 is 2.24 bits per heavy atom. The van der Waals surface area contributed by atoms with Gasteiger partial charge >= 0.3 is 0 Å². The molecule has 17 heavy (non-hydrogen) atoms. The van der Waals surface area contributed by atoms with E-state index >= 15 is 0 Å². The molecule has 0 fully saturated rings. The maximum absolute atomic E-state index is 5.56. The first-order chi connectivity index (χ1) is 8.24. The first-order valence-corrected chi connectivity index (χ1v) is 6.46. The van der Waals surface area contributed by atoms with E-state index in [9.17, 15) is 0 Å². The molecule has 0 aliphatic carbocycles. The first kappa shape index (κ1) is 14.2. The number of ether oxygens (including phenoxy) is 1. The number of methoxy groups -OCH3 is 1. The van der Waals surface area contributed by atoms with Gasteiger partial charge < -0.3 is 10.1 Å². The summed E-state index contributed by atoms with van der Waals surface area (Å²) in [6, 6.07) is 0.356. The Bertz CT molecular complexity index is 311. The smallest absolute Gasteiger partial charge is 0.0727 e. The van der Waals surface area contributed by atoms with Crippen LogP contribution in [0.15, 0.2) is 12.4 Å². The summed E-state index contributed by atoms with van der Waals surface area (Å²) in [5, 5.41) is 7.65. The van der Waals surface area contributed by atoms with E-state index in [4.69, 9.17) is 4.74 Å². The summed E-state index contributed by atoms with van der Waals surface area (Å²) < 4.78 is 7.52. The van der Waals surface area contributed by atoms with Gasteiger partial charge in [0.1, 0.15) is 0 Å². The number of hydrogen-bond donors (Lipinski definition) is 1. The van der Waals surface area contributed by atoms with Gasteiger partial charge in [-0.1, -0.05) is 13.3 Å². The number of aryl methyl sites for hydroxylation is 1. The second kappa shape index (κ2) is 7.45. The highest BCUT2D eigenvalue weighted by Gasteiger charge is 2.19. The molecule has 0 aliphatic rings. The van der Waals surface area contributed by atoms with E-state index in [1.54, 1.807) is 7.11 Å². The van der Waals surface area contributed by atoms with E-state index in [-0.39, 0.29) is 6.10 Å². The molecule has 1 heterocycles. The Morgan fingerprint density at radius 1 is 1.47 bits per heavy atom. The molecule has 1 N–H and O–H groups in total. The molecule has 0 saturated heterocycles. The van der Waals surface area contributed by atoms with Crippen molar-refractivity contribution in [2.24, 2.45) is 0 Å². The Labute approximate surface area is 104 Å². The van der Waals surface area contributed by atoms with E-state index in [0.29, 0.717) is 6.04 Å². The fourth-order valence-electron chi connectivity index (χ4n) is 2.13. The van der Waals surface area contributed by atoms with Crippen LogP contribution in [-0.2, 0) is 17.7 Å². The minimum absolute atomic E-state index is 0.273. The minimum atomic E-state index is 0.273. The highest BCUT2D eigenvalue weighted by atomic mass is 16.5. The van der Waals surface area contributed by atoms with Crippen LogP contribution >= 0.6 is 0 Å². The van der Waals surface area contributed by atoms with Crippen molar-refractivity contribution in [3.05, 3.63) is 18.0 Å². The normalized spacial score (nSPS) is 14.8. The van der Waals surface area contributed by atoms with Crippen molar-refractivity contribution in [1.82, 2.24) is 15.1 Å². The number of nitrogens with zero attached hydrogens (tertiary/aromatic N) is 2. The van der Waals surface area contributed by atoms with Gasteiger partial charge in [-0.15, -0.1) is 0 Å². The summed E-state index contributed by atoms with van der Waals surface area (Å²) in [5.41, 5.74) is 1.27. The maximum atomic E-state index is 5.56. The molecule has 1 aromatic heterocycles. The van der Waals surface area contributed by atoms with Crippen molar-refractivity contribution in [2.45, 2.75) is 51.8 Å². The van der Waals surface area contributed by atoms with Crippen LogP contribution in [0.2, 0.25) is 0 Å². The van der Waals surface area contributed by atoms with Crippen LogP contribution in [0, 0.1) is 0 Å². The number of aromatic nitrogens is 2. The molecule has 0 aliphatic heterocycles. The van der Waals surface area contributed by atoms with Gasteiger partial charge in [0.2, 0.25) is 0 Å². The van der Waals surface area contributed by atoms with Crippen molar-refractivity contribution < 1.29 is 4.74 Å². The molecule has 0 saturated carbocycles. The summed E-state index contributed by atoms with van der Waals surface area (Å²) in [4.78, 5) is 0. The van der Waals surface area contributed by atoms with Crippen LogP contribution in [0.4, 0.5) is 0 Å². The van der Waals surface area contributed by atoms with Gasteiger partial charge in [0.15, 0.2) is 0 Å². The standard InChI is InChI=1S/C13H25N3O/c1-5-7-13(17-4)12(14-3)8-11-9-15-16(6-2)10-11/h9-10,12-14H,5-8H2,1-4H3. The average molecular weight is 239 g/mol. The first-order valence-electron chi connectivity index (χ1n) is 6.46. The van der Waals surface area contributed by atoms with E-state index in [0.717, 1.165) is 25.8 Å². The third-order valence-corrected chi connectivity index (χ3v) is 3.16. The molecular formula is C13H25N3O. The Kier molecular flexibility index (Phi) is 6.22. The molecule has 2 unspecified atom stereocenters. The molecule has 1 rings (SSSR count). The predicted molar refractivity (Wildman–Crippen MR) is 70.2 cm³/mol. The molecule has 98 valence electrons. The van der Waals surface area contributed by atoms with Crippen molar-refractivity contribution in [3.63, 3.8) is 0 Å². The van der Waals surface area contributed by atoms with Gasteiger partial charge in [0.25, 0.3) is 0 Å². The van der Waals surface area contributed by atoms with Gasteiger partial charge in [-0.05, 0) is 32.4 Å². The third-order valence-electron chi connectivity index (χ3n) is 3.16. The van der Waals surface area contributed by atoms with E-state index in [1.165, 1.54) is 5.56 Å². The SMILES string of the molecule is CCCC(OC)C(Cc1cnn(CC)c1)NC. The second-order valence-electron chi connectivity index (χ2n) is 4.37. The number of rotatable bonds is 8. The summed E-state index contributed by atoms with van der Waals surface area (Å²) in [5.74, 6) is 0. The second-order valence-corrected chi connectivity index (χ2v) is 4.37. The Morgan fingerprint density at radius 3 is 2.71 bits per heavy atom. The molecule has 0 aromatic carbocycles. The fourth-order valence-corrected chi connectivity index (χ4v) is 2.13. The van der Waals surface area contributed by atoms with Crippen LogP contribution in [0.1, 0.15) is 32.3 Å². The molecule has 0 bridgehead atoms. The largest absolute Gasteiger partial charge is 0.380 e. The maximum Gasteiger partial charge on any atom is 0.0727 e. The third kappa shape index (κ3) is 4.13. The van der Waals surface area contributed by atoms with Gasteiger partial charge in [0, 0.05) is 25.9 Å². The van der Waals surface area contributed by atoms with Gasteiger partial charge in [-0.25, -0.2) is 0 Å². The molecule has 4 heteroatoms. The molecule has 1 aromatic rings. The lowest BCUT2D eigenvalue weighted by molar-refractivity contribution is 0.0633. The molecule has 0 amide bonds.